The standard InChI is InChI=1S/C15H14N4O5/c1-10(20)24-13-5-3-11(7-14(13)23-2)8-17-18-15-6-4-12(9-16-15)19(21)22/h3-9H,1-2H3,(H,16,18)/b17-8+. The van der Waals surface area contributed by atoms with Crippen LogP contribution in [0.25, 0.3) is 0 Å². The minimum absolute atomic E-state index is 0.102. The molecule has 1 N–H and O–H groups in total. The zero-order valence-electron chi connectivity index (χ0n) is 12.9. The Hall–Kier alpha value is -3.49. The van der Waals surface area contributed by atoms with Gasteiger partial charge in [-0.15, -0.1) is 0 Å². The second-order valence-corrected chi connectivity index (χ2v) is 4.53. The molecule has 24 heavy (non-hydrogen) atoms. The van der Waals surface area contributed by atoms with Crippen LogP contribution >= 0.6 is 0 Å². The second kappa shape index (κ2) is 7.68. The number of nitro groups is 1. The average Bonchev–Trinajstić information content (AvgIpc) is 2.56. The molecular weight excluding hydrogens is 316 g/mol. The number of nitrogens with zero attached hydrogens (tertiary/aromatic N) is 3. The number of hydrazone groups is 1. The van der Waals surface area contributed by atoms with Crippen LogP contribution in [0.1, 0.15) is 12.5 Å². The minimum Gasteiger partial charge on any atom is -0.493 e. The summed E-state index contributed by atoms with van der Waals surface area (Å²) in [5.74, 6) is 0.621. The van der Waals surface area contributed by atoms with Crippen molar-refractivity contribution in [3.05, 3.63) is 52.2 Å². The fourth-order valence-electron chi connectivity index (χ4n) is 1.74. The molecule has 2 rings (SSSR count). The van der Waals surface area contributed by atoms with Crippen LogP contribution in [-0.4, -0.2) is 29.2 Å². The molecule has 0 radical (unpaired) electrons. The van der Waals surface area contributed by atoms with Crippen LogP contribution in [-0.2, 0) is 4.79 Å². The van der Waals surface area contributed by atoms with Gasteiger partial charge in [0.25, 0.3) is 5.69 Å². The van der Waals surface area contributed by atoms with Crippen LogP contribution in [0.3, 0.4) is 0 Å². The quantitative estimate of drug-likeness (QED) is 0.284. The lowest BCUT2D eigenvalue weighted by Crippen LogP contribution is -2.03. The fourth-order valence-corrected chi connectivity index (χ4v) is 1.74. The summed E-state index contributed by atoms with van der Waals surface area (Å²) in [6.07, 6.45) is 2.64. The van der Waals surface area contributed by atoms with E-state index in [1.165, 1.54) is 32.4 Å². The first kappa shape index (κ1) is 16.9. The third-order valence-corrected chi connectivity index (χ3v) is 2.79. The van der Waals surface area contributed by atoms with Gasteiger partial charge < -0.3 is 9.47 Å². The summed E-state index contributed by atoms with van der Waals surface area (Å²) in [6, 6.07) is 7.69. The molecule has 0 atom stereocenters. The number of rotatable bonds is 6. The predicted octanol–water partition coefficient (Wildman–Crippen LogP) is 2.37. The lowest BCUT2D eigenvalue weighted by Gasteiger charge is -2.08. The summed E-state index contributed by atoms with van der Waals surface area (Å²) in [5.41, 5.74) is 3.24. The van der Waals surface area contributed by atoms with Crippen LogP contribution < -0.4 is 14.9 Å². The Morgan fingerprint density at radius 1 is 1.33 bits per heavy atom. The molecule has 9 nitrogen and oxygen atoms in total. The Morgan fingerprint density at radius 3 is 2.71 bits per heavy atom. The van der Waals surface area contributed by atoms with Gasteiger partial charge in [0.05, 0.1) is 18.2 Å². The fraction of sp³-hybridized carbons (Fsp3) is 0.133. The average molecular weight is 330 g/mol. The van der Waals surface area contributed by atoms with Crippen LogP contribution in [0.15, 0.2) is 41.6 Å². The molecule has 0 saturated heterocycles. The molecule has 0 fully saturated rings. The number of pyridine rings is 1. The number of carbonyl (C=O) groups excluding carboxylic acids is 1. The Morgan fingerprint density at radius 2 is 2.12 bits per heavy atom. The smallest absolute Gasteiger partial charge is 0.308 e. The molecule has 0 bridgehead atoms. The Bertz CT molecular complexity index is 774. The summed E-state index contributed by atoms with van der Waals surface area (Å²) in [5, 5.41) is 14.5. The van der Waals surface area contributed by atoms with Crippen molar-refractivity contribution in [3.8, 4) is 11.5 Å². The molecular formula is C15H14N4O5. The van der Waals surface area contributed by atoms with Gasteiger partial charge in [0.2, 0.25) is 0 Å². The van der Waals surface area contributed by atoms with E-state index in [1.54, 1.807) is 18.2 Å². The van der Waals surface area contributed by atoms with Gasteiger partial charge in [-0.2, -0.15) is 5.10 Å². The number of ether oxygens (including phenoxy) is 2. The molecule has 2 aromatic rings. The maximum absolute atomic E-state index is 11.0. The predicted molar refractivity (Wildman–Crippen MR) is 86.4 cm³/mol. The van der Waals surface area contributed by atoms with Gasteiger partial charge in [-0.1, -0.05) is 0 Å². The number of methoxy groups -OCH3 is 1. The summed E-state index contributed by atoms with van der Waals surface area (Å²) >= 11 is 0. The highest BCUT2D eigenvalue weighted by atomic mass is 16.6. The molecule has 0 saturated carbocycles. The van der Waals surface area contributed by atoms with Crippen molar-refractivity contribution in [2.75, 3.05) is 12.5 Å². The highest BCUT2D eigenvalue weighted by molar-refractivity contribution is 5.82. The van der Waals surface area contributed by atoms with E-state index >= 15 is 0 Å². The molecule has 1 heterocycles. The zero-order chi connectivity index (χ0) is 17.5. The zero-order valence-corrected chi connectivity index (χ0v) is 12.9. The van der Waals surface area contributed by atoms with Gasteiger partial charge in [0.1, 0.15) is 12.0 Å². The number of anilines is 1. The number of esters is 1. The number of hydrogen-bond donors (Lipinski definition) is 1. The second-order valence-electron chi connectivity index (χ2n) is 4.53. The summed E-state index contributed by atoms with van der Waals surface area (Å²) < 4.78 is 10.2. The molecule has 0 spiro atoms. The Kier molecular flexibility index (Phi) is 5.40. The molecule has 0 aliphatic rings. The lowest BCUT2D eigenvalue weighted by molar-refractivity contribution is -0.385. The molecule has 0 aliphatic heterocycles. The summed E-state index contributed by atoms with van der Waals surface area (Å²) in [6.45, 7) is 1.30. The molecule has 1 aromatic carbocycles. The van der Waals surface area contributed by atoms with Gasteiger partial charge in [-0.3, -0.25) is 20.3 Å². The van der Waals surface area contributed by atoms with Crippen molar-refractivity contribution in [2.45, 2.75) is 6.92 Å². The van der Waals surface area contributed by atoms with Crippen LogP contribution in [0.2, 0.25) is 0 Å². The molecule has 1 aromatic heterocycles. The van der Waals surface area contributed by atoms with Crippen LogP contribution in [0.5, 0.6) is 11.5 Å². The summed E-state index contributed by atoms with van der Waals surface area (Å²) in [7, 11) is 1.46. The van der Waals surface area contributed by atoms with Gasteiger partial charge >= 0.3 is 5.97 Å². The first-order chi connectivity index (χ1) is 11.5. The van der Waals surface area contributed by atoms with E-state index in [4.69, 9.17) is 9.47 Å². The van der Waals surface area contributed by atoms with E-state index in [0.717, 1.165) is 6.20 Å². The van der Waals surface area contributed by atoms with Gasteiger partial charge in [0.15, 0.2) is 11.5 Å². The Labute approximate surface area is 137 Å². The minimum atomic E-state index is -0.531. The maximum Gasteiger partial charge on any atom is 0.308 e. The first-order valence-corrected chi connectivity index (χ1v) is 6.75. The van der Waals surface area contributed by atoms with Crippen LogP contribution in [0, 0.1) is 10.1 Å². The molecule has 0 aliphatic carbocycles. The van der Waals surface area contributed by atoms with Crippen molar-refractivity contribution in [1.29, 1.82) is 0 Å². The van der Waals surface area contributed by atoms with Gasteiger partial charge in [-0.25, -0.2) is 4.98 Å². The van der Waals surface area contributed by atoms with Gasteiger partial charge in [0, 0.05) is 13.0 Å². The third-order valence-electron chi connectivity index (χ3n) is 2.79. The molecule has 0 unspecified atom stereocenters. The first-order valence-electron chi connectivity index (χ1n) is 6.75. The van der Waals surface area contributed by atoms with Gasteiger partial charge in [-0.05, 0) is 29.8 Å². The largest absolute Gasteiger partial charge is 0.493 e. The van der Waals surface area contributed by atoms with E-state index in [2.05, 4.69) is 15.5 Å². The Balaban J connectivity index is 2.05. The monoisotopic (exact) mass is 330 g/mol. The number of hydrogen-bond acceptors (Lipinski definition) is 8. The van der Waals surface area contributed by atoms with E-state index in [1.807, 2.05) is 0 Å². The maximum atomic E-state index is 11.0. The van der Waals surface area contributed by atoms with Crippen molar-refractivity contribution in [3.63, 3.8) is 0 Å². The highest BCUT2D eigenvalue weighted by Gasteiger charge is 2.07. The SMILES string of the molecule is COc1cc(/C=N/Nc2ccc([N+](=O)[O-])cn2)ccc1OC(C)=O. The lowest BCUT2D eigenvalue weighted by atomic mass is 10.2. The number of nitrogens with one attached hydrogen (secondary N) is 1. The summed E-state index contributed by atoms with van der Waals surface area (Å²) in [4.78, 5) is 24.9. The number of carbonyl (C=O) groups is 1. The molecule has 124 valence electrons. The van der Waals surface area contributed by atoms with E-state index in [9.17, 15) is 14.9 Å². The van der Waals surface area contributed by atoms with E-state index < -0.39 is 10.9 Å². The van der Waals surface area contributed by atoms with E-state index in [0.29, 0.717) is 22.9 Å². The highest BCUT2D eigenvalue weighted by Crippen LogP contribution is 2.27. The van der Waals surface area contributed by atoms with Crippen molar-refractivity contribution in [2.24, 2.45) is 5.10 Å². The third kappa shape index (κ3) is 4.50. The number of benzene rings is 1. The van der Waals surface area contributed by atoms with Crippen molar-refractivity contribution >= 4 is 23.7 Å². The van der Waals surface area contributed by atoms with E-state index in [-0.39, 0.29) is 5.69 Å². The van der Waals surface area contributed by atoms with Crippen molar-refractivity contribution in [1.82, 2.24) is 4.98 Å². The number of aromatic nitrogens is 1. The normalized spacial score (nSPS) is 10.4. The van der Waals surface area contributed by atoms with Crippen LogP contribution in [0.4, 0.5) is 11.5 Å². The molecule has 0 amide bonds. The topological polar surface area (TPSA) is 116 Å². The molecule has 9 heteroatoms. The van der Waals surface area contributed by atoms with Crippen molar-refractivity contribution < 1.29 is 19.2 Å².